The third kappa shape index (κ3) is 4.26. The molecule has 218 valence electrons. The largest absolute Gasteiger partial charge is 0.308 e. The Bertz CT molecular complexity index is 2580. The fourth-order valence-corrected chi connectivity index (χ4v) is 7.39. The van der Waals surface area contributed by atoms with Gasteiger partial charge in [0.15, 0.2) is 0 Å². The van der Waals surface area contributed by atoms with E-state index in [2.05, 4.69) is 174 Å². The minimum Gasteiger partial charge on any atom is -0.308 e. The van der Waals surface area contributed by atoms with Crippen molar-refractivity contribution >= 4 is 43.4 Å². The van der Waals surface area contributed by atoms with Crippen molar-refractivity contribution in [2.45, 2.75) is 0 Å². The minimum absolute atomic E-state index is 0.641. The second kappa shape index (κ2) is 10.9. The molecule has 0 saturated carbocycles. The van der Waals surface area contributed by atoms with Crippen LogP contribution in [0, 0.1) is 11.3 Å². The van der Waals surface area contributed by atoms with Crippen LogP contribution in [-0.4, -0.2) is 4.57 Å². The normalized spacial score (nSPS) is 11.4. The zero-order chi connectivity index (χ0) is 31.3. The van der Waals surface area contributed by atoms with Crippen molar-refractivity contribution in [2.75, 3.05) is 0 Å². The predicted octanol–water partition coefficient (Wildman–Crippen LogP) is 12.0. The Morgan fingerprint density at radius 2 is 0.809 bits per heavy atom. The second-order valence-corrected chi connectivity index (χ2v) is 12.0. The van der Waals surface area contributed by atoms with Crippen LogP contribution in [-0.2, 0) is 0 Å². The van der Waals surface area contributed by atoms with Gasteiger partial charge in [0.2, 0.25) is 0 Å². The topological polar surface area (TPSA) is 28.7 Å². The Morgan fingerprint density at radius 3 is 1.38 bits per heavy atom. The molecular weight excluding hydrogens is 569 g/mol. The molecule has 0 radical (unpaired) electrons. The van der Waals surface area contributed by atoms with Gasteiger partial charge >= 0.3 is 0 Å². The lowest BCUT2D eigenvalue weighted by molar-refractivity contribution is 1.17. The maximum atomic E-state index is 10.5. The van der Waals surface area contributed by atoms with Gasteiger partial charge in [-0.2, -0.15) is 5.26 Å². The summed E-state index contributed by atoms with van der Waals surface area (Å²) in [5.74, 6) is 0. The number of benzene rings is 8. The number of nitriles is 1. The van der Waals surface area contributed by atoms with E-state index in [1.54, 1.807) is 0 Å². The van der Waals surface area contributed by atoms with E-state index in [0.29, 0.717) is 5.56 Å². The van der Waals surface area contributed by atoms with Gasteiger partial charge in [0.1, 0.15) is 6.07 Å². The Balaban J connectivity index is 1.23. The number of aromatic nitrogens is 1. The lowest BCUT2D eigenvalue weighted by Gasteiger charge is -2.18. The first kappa shape index (κ1) is 26.9. The number of nitrogens with zero attached hydrogens (tertiary/aromatic N) is 2. The van der Waals surface area contributed by atoms with Crippen LogP contribution in [0.1, 0.15) is 5.56 Å². The second-order valence-electron chi connectivity index (χ2n) is 12.0. The average Bonchev–Trinajstić information content (AvgIpc) is 3.48. The summed E-state index contributed by atoms with van der Waals surface area (Å²) in [6.07, 6.45) is 0. The highest BCUT2D eigenvalue weighted by Gasteiger charge is 2.18. The van der Waals surface area contributed by atoms with Gasteiger partial charge in [-0.1, -0.05) is 140 Å². The number of para-hydroxylation sites is 2. The van der Waals surface area contributed by atoms with Crippen LogP contribution in [0.2, 0.25) is 0 Å². The van der Waals surface area contributed by atoms with Gasteiger partial charge in [-0.3, -0.25) is 0 Å². The zero-order valence-corrected chi connectivity index (χ0v) is 25.6. The Kier molecular flexibility index (Phi) is 6.23. The number of hydrogen-bond donors (Lipinski definition) is 0. The van der Waals surface area contributed by atoms with E-state index in [0.717, 1.165) is 33.4 Å². The average molecular weight is 597 g/mol. The molecule has 0 aliphatic heterocycles. The van der Waals surface area contributed by atoms with Crippen molar-refractivity contribution in [3.63, 3.8) is 0 Å². The Labute approximate surface area is 273 Å². The van der Waals surface area contributed by atoms with E-state index in [1.165, 1.54) is 49.0 Å². The standard InChI is InChI=1S/C45H28N2/c46-29-34-28-32(25-26-41(34)47-42-23-10-8-17-35(42)36-18-9-11-24-43(36)47)31-15-12-16-33(27-31)45-39-21-6-4-19-37(39)44(30-13-2-1-3-14-30)38-20-5-7-22-40(38)45/h1-28H. The first-order valence-corrected chi connectivity index (χ1v) is 15.9. The third-order valence-corrected chi connectivity index (χ3v) is 9.42. The van der Waals surface area contributed by atoms with Crippen LogP contribution in [0.15, 0.2) is 170 Å². The van der Waals surface area contributed by atoms with E-state index in [-0.39, 0.29) is 0 Å². The summed E-state index contributed by atoms with van der Waals surface area (Å²) < 4.78 is 2.22. The van der Waals surface area contributed by atoms with Crippen molar-refractivity contribution in [3.8, 4) is 45.1 Å². The van der Waals surface area contributed by atoms with Gasteiger partial charge in [0.05, 0.1) is 22.3 Å². The van der Waals surface area contributed by atoms with Gasteiger partial charge in [-0.05, 0) is 85.3 Å². The quantitative estimate of drug-likeness (QED) is 0.186. The molecule has 0 bridgehead atoms. The molecule has 2 heteroatoms. The summed E-state index contributed by atoms with van der Waals surface area (Å²) in [5, 5.41) is 17.7. The molecule has 0 aliphatic carbocycles. The molecule has 2 nitrogen and oxygen atoms in total. The molecule has 9 aromatic rings. The molecule has 0 N–H and O–H groups in total. The van der Waals surface area contributed by atoms with Crippen LogP contribution in [0.4, 0.5) is 0 Å². The summed E-state index contributed by atoms with van der Waals surface area (Å²) in [4.78, 5) is 0. The molecule has 0 saturated heterocycles. The first-order chi connectivity index (χ1) is 23.3. The predicted molar refractivity (Wildman–Crippen MR) is 197 cm³/mol. The first-order valence-electron chi connectivity index (χ1n) is 15.9. The van der Waals surface area contributed by atoms with Gasteiger partial charge in [-0.15, -0.1) is 0 Å². The molecule has 0 amide bonds. The van der Waals surface area contributed by atoms with Gasteiger partial charge in [0.25, 0.3) is 0 Å². The molecular formula is C45H28N2. The van der Waals surface area contributed by atoms with Crippen molar-refractivity contribution < 1.29 is 0 Å². The molecule has 0 aliphatic rings. The smallest absolute Gasteiger partial charge is 0.101 e. The molecule has 1 aromatic heterocycles. The molecule has 0 unspecified atom stereocenters. The minimum atomic E-state index is 0.641. The van der Waals surface area contributed by atoms with Gasteiger partial charge in [0, 0.05) is 10.8 Å². The summed E-state index contributed by atoms with van der Waals surface area (Å²) in [7, 11) is 0. The molecule has 9 rings (SSSR count). The van der Waals surface area contributed by atoms with Crippen LogP contribution in [0.25, 0.3) is 82.4 Å². The molecule has 0 fully saturated rings. The number of hydrogen-bond acceptors (Lipinski definition) is 1. The molecule has 0 atom stereocenters. The van der Waals surface area contributed by atoms with E-state index in [1.807, 2.05) is 6.07 Å². The lowest BCUT2D eigenvalue weighted by Crippen LogP contribution is -1.98. The van der Waals surface area contributed by atoms with Gasteiger partial charge in [-0.25, -0.2) is 0 Å². The zero-order valence-electron chi connectivity index (χ0n) is 25.6. The number of fused-ring (bicyclic) bond motifs is 5. The van der Waals surface area contributed by atoms with E-state index in [4.69, 9.17) is 0 Å². The summed E-state index contributed by atoms with van der Waals surface area (Å²) in [6, 6.07) is 62.5. The summed E-state index contributed by atoms with van der Waals surface area (Å²) in [5.41, 5.74) is 10.7. The third-order valence-electron chi connectivity index (χ3n) is 9.42. The number of rotatable bonds is 4. The Hall–Kier alpha value is -6.43. The lowest BCUT2D eigenvalue weighted by atomic mass is 9.85. The summed E-state index contributed by atoms with van der Waals surface area (Å²) >= 11 is 0. The highest BCUT2D eigenvalue weighted by atomic mass is 15.0. The van der Waals surface area contributed by atoms with Gasteiger partial charge < -0.3 is 4.57 Å². The molecule has 1 heterocycles. The van der Waals surface area contributed by atoms with Crippen LogP contribution < -0.4 is 0 Å². The Morgan fingerprint density at radius 1 is 0.362 bits per heavy atom. The fourth-order valence-electron chi connectivity index (χ4n) is 7.39. The van der Waals surface area contributed by atoms with E-state index >= 15 is 0 Å². The van der Waals surface area contributed by atoms with Crippen molar-refractivity contribution in [1.29, 1.82) is 5.26 Å². The maximum Gasteiger partial charge on any atom is 0.101 e. The summed E-state index contributed by atoms with van der Waals surface area (Å²) in [6.45, 7) is 0. The molecule has 8 aromatic carbocycles. The van der Waals surface area contributed by atoms with E-state index < -0.39 is 0 Å². The fraction of sp³-hybridized carbons (Fsp3) is 0. The molecule has 47 heavy (non-hydrogen) atoms. The highest BCUT2D eigenvalue weighted by molar-refractivity contribution is 6.21. The van der Waals surface area contributed by atoms with Crippen molar-refractivity contribution in [1.82, 2.24) is 4.57 Å². The highest BCUT2D eigenvalue weighted by Crippen LogP contribution is 2.44. The van der Waals surface area contributed by atoms with Crippen LogP contribution in [0.5, 0.6) is 0 Å². The SMILES string of the molecule is N#Cc1cc(-c2cccc(-c3c4ccccc4c(-c4ccccc4)c4ccccc34)c2)ccc1-n1c2ccccc2c2ccccc21. The van der Waals surface area contributed by atoms with Crippen LogP contribution >= 0.6 is 0 Å². The van der Waals surface area contributed by atoms with Crippen molar-refractivity contribution in [3.05, 3.63) is 175 Å². The van der Waals surface area contributed by atoms with Crippen molar-refractivity contribution in [2.24, 2.45) is 0 Å². The molecule has 0 spiro atoms. The maximum absolute atomic E-state index is 10.5. The van der Waals surface area contributed by atoms with Crippen LogP contribution in [0.3, 0.4) is 0 Å². The van der Waals surface area contributed by atoms with E-state index in [9.17, 15) is 5.26 Å². The monoisotopic (exact) mass is 596 g/mol.